The molecule has 1 amide bonds. The average molecular weight is 252 g/mol. The van der Waals surface area contributed by atoms with Gasteiger partial charge in [-0.1, -0.05) is 0 Å². The lowest BCUT2D eigenvalue weighted by molar-refractivity contribution is -0.133. The average Bonchev–Trinajstić information content (AvgIpc) is 2.65. The number of carbonyl (C=O) groups excluding carboxylic acids is 1. The van der Waals surface area contributed by atoms with Crippen molar-refractivity contribution >= 4 is 5.91 Å². The maximum absolute atomic E-state index is 12.3. The van der Waals surface area contributed by atoms with E-state index in [4.69, 9.17) is 10.5 Å². The Hall–Kier alpha value is -1.40. The molecule has 0 aliphatic carbocycles. The van der Waals surface area contributed by atoms with E-state index in [9.17, 15) is 4.79 Å². The minimum atomic E-state index is -0.635. The second-order valence-corrected chi connectivity index (χ2v) is 4.74. The lowest BCUT2D eigenvalue weighted by Crippen LogP contribution is -2.41. The van der Waals surface area contributed by atoms with Crippen molar-refractivity contribution in [3.8, 4) is 0 Å². The first-order valence-electron chi connectivity index (χ1n) is 6.22. The number of ether oxygens (including phenoxy) is 1. The summed E-state index contributed by atoms with van der Waals surface area (Å²) in [5.41, 5.74) is 6.74. The zero-order valence-corrected chi connectivity index (χ0v) is 10.9. The molecule has 2 atom stereocenters. The third kappa shape index (κ3) is 2.88. The molecular formula is C12H20N4O2. The van der Waals surface area contributed by atoms with Crippen LogP contribution in [0.15, 0.2) is 12.4 Å². The second kappa shape index (κ2) is 5.49. The van der Waals surface area contributed by atoms with Crippen molar-refractivity contribution in [3.63, 3.8) is 0 Å². The van der Waals surface area contributed by atoms with Crippen molar-refractivity contribution in [2.24, 2.45) is 12.8 Å². The van der Waals surface area contributed by atoms with Crippen molar-refractivity contribution in [2.45, 2.75) is 25.5 Å². The maximum atomic E-state index is 12.3. The fraction of sp³-hybridized carbons (Fsp3) is 0.667. The van der Waals surface area contributed by atoms with Crippen LogP contribution in [-0.4, -0.2) is 46.4 Å². The molecule has 1 saturated heterocycles. The second-order valence-electron chi connectivity index (χ2n) is 4.74. The van der Waals surface area contributed by atoms with Gasteiger partial charge in [-0.3, -0.25) is 9.48 Å². The number of nitrogens with two attached hydrogens (primary N) is 1. The first-order valence-corrected chi connectivity index (χ1v) is 6.22. The Morgan fingerprint density at radius 1 is 1.67 bits per heavy atom. The van der Waals surface area contributed by atoms with Gasteiger partial charge in [-0.2, -0.15) is 5.10 Å². The molecule has 0 bridgehead atoms. The summed E-state index contributed by atoms with van der Waals surface area (Å²) in [6.45, 7) is 3.98. The van der Waals surface area contributed by atoms with Crippen molar-refractivity contribution in [1.82, 2.24) is 14.7 Å². The molecule has 0 aromatic carbocycles. The summed E-state index contributed by atoms with van der Waals surface area (Å²) in [7, 11) is 1.81. The van der Waals surface area contributed by atoms with Crippen molar-refractivity contribution in [1.29, 1.82) is 0 Å². The SMILES string of the molecule is CC1CN(C(=O)C(N)c2cnn(C)c2)CCCO1. The smallest absolute Gasteiger partial charge is 0.244 e. The highest BCUT2D eigenvalue weighted by atomic mass is 16.5. The summed E-state index contributed by atoms with van der Waals surface area (Å²) >= 11 is 0. The number of amides is 1. The number of hydrogen-bond donors (Lipinski definition) is 1. The molecule has 18 heavy (non-hydrogen) atoms. The zero-order chi connectivity index (χ0) is 13.1. The van der Waals surface area contributed by atoms with Crippen LogP contribution >= 0.6 is 0 Å². The van der Waals surface area contributed by atoms with Gasteiger partial charge in [0.1, 0.15) is 6.04 Å². The van der Waals surface area contributed by atoms with Crippen LogP contribution in [0.2, 0.25) is 0 Å². The number of aryl methyl sites for hydroxylation is 1. The third-order valence-electron chi connectivity index (χ3n) is 3.11. The summed E-state index contributed by atoms with van der Waals surface area (Å²) in [6, 6.07) is -0.635. The van der Waals surface area contributed by atoms with Gasteiger partial charge in [0.25, 0.3) is 0 Å². The van der Waals surface area contributed by atoms with Crippen molar-refractivity contribution < 1.29 is 9.53 Å². The summed E-state index contributed by atoms with van der Waals surface area (Å²) in [4.78, 5) is 14.1. The molecule has 2 rings (SSSR count). The Morgan fingerprint density at radius 3 is 3.11 bits per heavy atom. The molecule has 1 aromatic rings. The Bertz CT molecular complexity index is 418. The number of aromatic nitrogens is 2. The molecule has 6 nitrogen and oxygen atoms in total. The van der Waals surface area contributed by atoms with Gasteiger partial charge in [0.15, 0.2) is 0 Å². The quantitative estimate of drug-likeness (QED) is 0.807. The Labute approximate surface area is 107 Å². The van der Waals surface area contributed by atoms with Crippen LogP contribution in [0.4, 0.5) is 0 Å². The van der Waals surface area contributed by atoms with E-state index in [2.05, 4.69) is 5.10 Å². The van der Waals surface area contributed by atoms with Crippen LogP contribution < -0.4 is 5.73 Å². The van der Waals surface area contributed by atoms with E-state index in [0.717, 1.165) is 12.0 Å². The molecule has 1 aliphatic rings. The van der Waals surface area contributed by atoms with Gasteiger partial charge in [0, 0.05) is 38.5 Å². The van der Waals surface area contributed by atoms with E-state index >= 15 is 0 Å². The van der Waals surface area contributed by atoms with Crippen LogP contribution in [0.1, 0.15) is 24.9 Å². The molecule has 100 valence electrons. The third-order valence-corrected chi connectivity index (χ3v) is 3.11. The Kier molecular flexibility index (Phi) is 3.98. The highest BCUT2D eigenvalue weighted by Gasteiger charge is 2.26. The number of carbonyl (C=O) groups is 1. The molecule has 2 N–H and O–H groups in total. The molecule has 1 aliphatic heterocycles. The minimum Gasteiger partial charge on any atom is -0.377 e. The fourth-order valence-electron chi connectivity index (χ4n) is 2.13. The van der Waals surface area contributed by atoms with Crippen LogP contribution in [0.25, 0.3) is 0 Å². The monoisotopic (exact) mass is 252 g/mol. The van der Waals surface area contributed by atoms with Gasteiger partial charge in [0.2, 0.25) is 5.91 Å². The van der Waals surface area contributed by atoms with Gasteiger partial charge in [-0.25, -0.2) is 0 Å². The van der Waals surface area contributed by atoms with Crippen LogP contribution in [0.3, 0.4) is 0 Å². The summed E-state index contributed by atoms with van der Waals surface area (Å²) in [5.74, 6) is -0.0552. The van der Waals surface area contributed by atoms with E-state index in [1.165, 1.54) is 0 Å². The fourth-order valence-corrected chi connectivity index (χ4v) is 2.13. The lowest BCUT2D eigenvalue weighted by atomic mass is 10.1. The molecule has 0 spiro atoms. The van der Waals surface area contributed by atoms with Crippen LogP contribution in [0, 0.1) is 0 Å². The predicted molar refractivity (Wildman–Crippen MR) is 66.7 cm³/mol. The normalized spacial score (nSPS) is 22.6. The van der Waals surface area contributed by atoms with Crippen LogP contribution in [0.5, 0.6) is 0 Å². The maximum Gasteiger partial charge on any atom is 0.244 e. The van der Waals surface area contributed by atoms with Gasteiger partial charge in [-0.05, 0) is 13.3 Å². The van der Waals surface area contributed by atoms with E-state index in [1.54, 1.807) is 22.0 Å². The molecule has 1 aromatic heterocycles. The van der Waals surface area contributed by atoms with Gasteiger partial charge < -0.3 is 15.4 Å². The largest absolute Gasteiger partial charge is 0.377 e. The highest BCUT2D eigenvalue weighted by molar-refractivity contribution is 5.83. The Balaban J connectivity index is 2.05. The zero-order valence-electron chi connectivity index (χ0n) is 10.9. The summed E-state index contributed by atoms with van der Waals surface area (Å²) in [5, 5.41) is 4.04. The molecule has 1 fully saturated rings. The standard InChI is InChI=1S/C12H20N4O2/c1-9-7-16(4-3-5-18-9)12(17)11(13)10-6-14-15(2)8-10/h6,8-9,11H,3-5,7,13H2,1-2H3. The van der Waals surface area contributed by atoms with E-state index < -0.39 is 6.04 Å². The van der Waals surface area contributed by atoms with Gasteiger partial charge in [0.05, 0.1) is 12.3 Å². The number of rotatable bonds is 2. The van der Waals surface area contributed by atoms with E-state index in [0.29, 0.717) is 19.7 Å². The molecule has 2 unspecified atom stereocenters. The van der Waals surface area contributed by atoms with Crippen molar-refractivity contribution in [2.75, 3.05) is 19.7 Å². The van der Waals surface area contributed by atoms with Gasteiger partial charge >= 0.3 is 0 Å². The summed E-state index contributed by atoms with van der Waals surface area (Å²) in [6.07, 6.45) is 4.34. The van der Waals surface area contributed by atoms with Crippen LogP contribution in [-0.2, 0) is 16.6 Å². The first-order chi connectivity index (χ1) is 8.58. The van der Waals surface area contributed by atoms with E-state index in [1.807, 2.05) is 14.0 Å². The molecule has 0 radical (unpaired) electrons. The predicted octanol–water partition coefficient (Wildman–Crippen LogP) is 0.0573. The number of hydrogen-bond acceptors (Lipinski definition) is 4. The topological polar surface area (TPSA) is 73.4 Å². The van der Waals surface area contributed by atoms with Gasteiger partial charge in [-0.15, -0.1) is 0 Å². The number of nitrogens with zero attached hydrogens (tertiary/aromatic N) is 3. The van der Waals surface area contributed by atoms with E-state index in [-0.39, 0.29) is 12.0 Å². The van der Waals surface area contributed by atoms with Crippen molar-refractivity contribution in [3.05, 3.63) is 18.0 Å². The Morgan fingerprint density at radius 2 is 2.44 bits per heavy atom. The molecule has 6 heteroatoms. The lowest BCUT2D eigenvalue weighted by Gasteiger charge is -2.24. The summed E-state index contributed by atoms with van der Waals surface area (Å²) < 4.78 is 7.17. The molecule has 2 heterocycles. The molecule has 0 saturated carbocycles. The first kappa shape index (κ1) is 13.0. The highest BCUT2D eigenvalue weighted by Crippen LogP contribution is 2.15. The molecular weight excluding hydrogens is 232 g/mol. The minimum absolute atomic E-state index is 0.0552.